The standard InChI is InChI=1S/C11H17NO2/c1-8(2)14-9-5-6-12-10(7-9)11(3,4)13/h5-8,13H,1-4H3. The molecule has 0 amide bonds. The first-order chi connectivity index (χ1) is 6.39. The number of nitrogens with zero attached hydrogens (tertiary/aromatic N) is 1. The van der Waals surface area contributed by atoms with E-state index in [1.54, 1.807) is 32.2 Å². The van der Waals surface area contributed by atoms with E-state index < -0.39 is 5.60 Å². The zero-order valence-electron chi connectivity index (χ0n) is 9.11. The molecule has 1 rings (SSSR count). The van der Waals surface area contributed by atoms with E-state index in [4.69, 9.17) is 4.74 Å². The zero-order valence-corrected chi connectivity index (χ0v) is 9.11. The van der Waals surface area contributed by atoms with Crippen molar-refractivity contribution in [1.29, 1.82) is 0 Å². The average Bonchev–Trinajstić information content (AvgIpc) is 2.01. The van der Waals surface area contributed by atoms with Crippen molar-refractivity contribution in [3.63, 3.8) is 0 Å². The van der Waals surface area contributed by atoms with Gasteiger partial charge < -0.3 is 9.84 Å². The highest BCUT2D eigenvalue weighted by molar-refractivity contribution is 5.25. The maximum atomic E-state index is 9.73. The van der Waals surface area contributed by atoms with Crippen LogP contribution in [0.2, 0.25) is 0 Å². The highest BCUT2D eigenvalue weighted by atomic mass is 16.5. The van der Waals surface area contributed by atoms with Crippen LogP contribution in [0, 0.1) is 0 Å². The number of hydrogen-bond donors (Lipinski definition) is 1. The van der Waals surface area contributed by atoms with Gasteiger partial charge >= 0.3 is 0 Å². The number of hydrogen-bond acceptors (Lipinski definition) is 3. The molecule has 3 heteroatoms. The van der Waals surface area contributed by atoms with Crippen LogP contribution in [0.3, 0.4) is 0 Å². The fraction of sp³-hybridized carbons (Fsp3) is 0.545. The third kappa shape index (κ3) is 3.00. The Bertz CT molecular complexity index is 302. The molecule has 0 aromatic carbocycles. The maximum Gasteiger partial charge on any atom is 0.123 e. The van der Waals surface area contributed by atoms with Gasteiger partial charge in [-0.3, -0.25) is 4.98 Å². The molecule has 1 heterocycles. The van der Waals surface area contributed by atoms with E-state index >= 15 is 0 Å². The minimum absolute atomic E-state index is 0.132. The van der Waals surface area contributed by atoms with E-state index in [0.29, 0.717) is 5.69 Å². The summed E-state index contributed by atoms with van der Waals surface area (Å²) in [7, 11) is 0. The van der Waals surface area contributed by atoms with Crippen molar-refractivity contribution in [3.8, 4) is 5.75 Å². The Morgan fingerprint density at radius 3 is 2.57 bits per heavy atom. The summed E-state index contributed by atoms with van der Waals surface area (Å²) < 4.78 is 5.50. The van der Waals surface area contributed by atoms with Crippen molar-refractivity contribution >= 4 is 0 Å². The van der Waals surface area contributed by atoms with Gasteiger partial charge in [0.05, 0.1) is 11.8 Å². The molecule has 0 unspecified atom stereocenters. The van der Waals surface area contributed by atoms with Crippen molar-refractivity contribution < 1.29 is 9.84 Å². The highest BCUT2D eigenvalue weighted by Crippen LogP contribution is 2.21. The predicted molar refractivity (Wildman–Crippen MR) is 55.2 cm³/mol. The predicted octanol–water partition coefficient (Wildman–Crippen LogP) is 2.10. The highest BCUT2D eigenvalue weighted by Gasteiger charge is 2.18. The molecule has 14 heavy (non-hydrogen) atoms. The van der Waals surface area contributed by atoms with E-state index in [-0.39, 0.29) is 6.10 Å². The fourth-order valence-corrected chi connectivity index (χ4v) is 1.09. The normalized spacial score (nSPS) is 11.9. The van der Waals surface area contributed by atoms with Gasteiger partial charge in [0.25, 0.3) is 0 Å². The summed E-state index contributed by atoms with van der Waals surface area (Å²) in [5.41, 5.74) is -0.299. The number of rotatable bonds is 3. The lowest BCUT2D eigenvalue weighted by Crippen LogP contribution is -2.17. The van der Waals surface area contributed by atoms with Crippen LogP contribution in [0.25, 0.3) is 0 Å². The number of aliphatic hydroxyl groups is 1. The molecule has 1 aromatic rings. The van der Waals surface area contributed by atoms with Crippen LogP contribution in [-0.4, -0.2) is 16.2 Å². The molecule has 1 aromatic heterocycles. The van der Waals surface area contributed by atoms with Crippen molar-refractivity contribution in [2.24, 2.45) is 0 Å². The molecule has 3 nitrogen and oxygen atoms in total. The van der Waals surface area contributed by atoms with Crippen LogP contribution in [-0.2, 0) is 5.60 Å². The molecule has 0 aliphatic rings. The fourth-order valence-electron chi connectivity index (χ4n) is 1.09. The van der Waals surface area contributed by atoms with Crippen LogP contribution in [0.15, 0.2) is 18.3 Å². The average molecular weight is 195 g/mol. The van der Waals surface area contributed by atoms with Gasteiger partial charge in [-0.15, -0.1) is 0 Å². The van der Waals surface area contributed by atoms with Crippen molar-refractivity contribution in [2.75, 3.05) is 0 Å². The van der Waals surface area contributed by atoms with Gasteiger partial charge in [-0.25, -0.2) is 0 Å². The van der Waals surface area contributed by atoms with Gasteiger partial charge in [0, 0.05) is 12.3 Å². The van der Waals surface area contributed by atoms with Crippen molar-refractivity contribution in [3.05, 3.63) is 24.0 Å². The zero-order chi connectivity index (χ0) is 10.8. The van der Waals surface area contributed by atoms with Gasteiger partial charge in [0.1, 0.15) is 11.4 Å². The Hall–Kier alpha value is -1.09. The smallest absolute Gasteiger partial charge is 0.123 e. The van der Waals surface area contributed by atoms with Gasteiger partial charge in [-0.05, 0) is 33.8 Å². The molecule has 0 atom stereocenters. The molecule has 0 saturated carbocycles. The number of ether oxygens (including phenoxy) is 1. The monoisotopic (exact) mass is 195 g/mol. The molecular weight excluding hydrogens is 178 g/mol. The molecular formula is C11H17NO2. The number of aromatic nitrogens is 1. The minimum Gasteiger partial charge on any atom is -0.491 e. The van der Waals surface area contributed by atoms with Crippen molar-refractivity contribution in [2.45, 2.75) is 39.4 Å². The topological polar surface area (TPSA) is 42.4 Å². The van der Waals surface area contributed by atoms with Crippen molar-refractivity contribution in [1.82, 2.24) is 4.98 Å². The lowest BCUT2D eigenvalue weighted by atomic mass is 10.1. The Morgan fingerprint density at radius 2 is 2.07 bits per heavy atom. The first-order valence-electron chi connectivity index (χ1n) is 4.75. The largest absolute Gasteiger partial charge is 0.491 e. The Labute approximate surface area is 84.7 Å². The summed E-state index contributed by atoms with van der Waals surface area (Å²) in [4.78, 5) is 4.09. The molecule has 1 N–H and O–H groups in total. The lowest BCUT2D eigenvalue weighted by Gasteiger charge is -2.17. The second kappa shape index (κ2) is 3.96. The number of pyridine rings is 1. The molecule has 0 bridgehead atoms. The third-order valence-corrected chi connectivity index (χ3v) is 1.73. The maximum absolute atomic E-state index is 9.73. The molecule has 0 spiro atoms. The summed E-state index contributed by atoms with van der Waals surface area (Å²) in [6.45, 7) is 7.33. The summed E-state index contributed by atoms with van der Waals surface area (Å²) in [6, 6.07) is 3.55. The van der Waals surface area contributed by atoms with Crippen LogP contribution in [0.5, 0.6) is 5.75 Å². The third-order valence-electron chi connectivity index (χ3n) is 1.73. The molecule has 0 aliphatic carbocycles. The second-order valence-electron chi connectivity index (χ2n) is 4.10. The summed E-state index contributed by atoms with van der Waals surface area (Å²) >= 11 is 0. The van der Waals surface area contributed by atoms with Gasteiger partial charge in [0.2, 0.25) is 0 Å². The van der Waals surface area contributed by atoms with Crippen LogP contribution in [0.1, 0.15) is 33.4 Å². The Morgan fingerprint density at radius 1 is 1.43 bits per heavy atom. The van der Waals surface area contributed by atoms with E-state index in [1.807, 2.05) is 13.8 Å². The molecule has 0 radical (unpaired) electrons. The molecule has 0 saturated heterocycles. The van der Waals surface area contributed by atoms with Crippen LogP contribution < -0.4 is 4.74 Å². The molecule has 78 valence electrons. The SMILES string of the molecule is CC(C)Oc1ccnc(C(C)(C)O)c1. The summed E-state index contributed by atoms with van der Waals surface area (Å²) in [6.07, 6.45) is 1.78. The van der Waals surface area contributed by atoms with E-state index in [9.17, 15) is 5.11 Å². The van der Waals surface area contributed by atoms with Crippen LogP contribution in [0.4, 0.5) is 0 Å². The minimum atomic E-state index is -0.920. The summed E-state index contributed by atoms with van der Waals surface area (Å²) in [5.74, 6) is 0.743. The second-order valence-corrected chi connectivity index (χ2v) is 4.10. The lowest BCUT2D eigenvalue weighted by molar-refractivity contribution is 0.0733. The van der Waals surface area contributed by atoms with Gasteiger partial charge in [0.15, 0.2) is 0 Å². The van der Waals surface area contributed by atoms with E-state index in [0.717, 1.165) is 5.75 Å². The van der Waals surface area contributed by atoms with E-state index in [1.165, 1.54) is 0 Å². The Kier molecular flexibility index (Phi) is 3.11. The Balaban J connectivity index is 2.90. The van der Waals surface area contributed by atoms with E-state index in [2.05, 4.69) is 4.98 Å². The molecule has 0 fully saturated rings. The molecule has 0 aliphatic heterocycles. The quantitative estimate of drug-likeness (QED) is 0.803. The van der Waals surface area contributed by atoms with Gasteiger partial charge in [-0.2, -0.15) is 0 Å². The summed E-state index contributed by atoms with van der Waals surface area (Å²) in [5, 5.41) is 9.73. The van der Waals surface area contributed by atoms with Gasteiger partial charge in [-0.1, -0.05) is 0 Å². The first kappa shape index (κ1) is 11.0. The first-order valence-corrected chi connectivity index (χ1v) is 4.75. The van der Waals surface area contributed by atoms with Crippen LogP contribution >= 0.6 is 0 Å².